The molecule has 0 saturated heterocycles. The number of nitrogens with zero attached hydrogens (tertiary/aromatic N) is 3. The molecule has 0 fully saturated rings. The monoisotopic (exact) mass is 442 g/mol. The summed E-state index contributed by atoms with van der Waals surface area (Å²) in [7, 11) is 0. The summed E-state index contributed by atoms with van der Waals surface area (Å²) in [6.07, 6.45) is -4.81. The van der Waals surface area contributed by atoms with Crippen LogP contribution in [-0.2, 0) is 17.8 Å². The second-order valence-electron chi connectivity index (χ2n) is 6.61. The molecule has 3 aromatic rings. The molecule has 0 bridgehead atoms. The standard InChI is InChI=1S/C20H16F6N4O/c21-12-5-11(6-13(22)8-12)7-15(14-3-1-2-4-27-14)28-18(31)10-30-17(20(25)26)9-16(29-30)19(23)24/h1-6,8-9,15,19-20H,7,10H2,(H,28,31)/t15-/m0/s1. The average Bonchev–Trinajstić information content (AvgIpc) is 3.12. The fourth-order valence-corrected chi connectivity index (χ4v) is 3.01. The van der Waals surface area contributed by atoms with Crippen molar-refractivity contribution < 1.29 is 31.1 Å². The molecular formula is C20H16F6N4O. The van der Waals surface area contributed by atoms with E-state index in [1.807, 2.05) is 0 Å². The van der Waals surface area contributed by atoms with Crippen LogP contribution in [0.5, 0.6) is 0 Å². The topological polar surface area (TPSA) is 59.8 Å². The molecule has 31 heavy (non-hydrogen) atoms. The zero-order valence-corrected chi connectivity index (χ0v) is 15.8. The number of hydrogen-bond donors (Lipinski definition) is 1. The molecule has 3 rings (SSSR count). The fraction of sp³-hybridized carbons (Fsp3) is 0.250. The van der Waals surface area contributed by atoms with Gasteiger partial charge in [-0.3, -0.25) is 14.5 Å². The van der Waals surface area contributed by atoms with Crippen molar-refractivity contribution in [3.8, 4) is 0 Å². The van der Waals surface area contributed by atoms with Crippen molar-refractivity contribution in [2.75, 3.05) is 0 Å². The summed E-state index contributed by atoms with van der Waals surface area (Å²) < 4.78 is 79.4. The van der Waals surface area contributed by atoms with Gasteiger partial charge in [-0.15, -0.1) is 0 Å². The van der Waals surface area contributed by atoms with Gasteiger partial charge >= 0.3 is 0 Å². The van der Waals surface area contributed by atoms with Crippen LogP contribution in [0.15, 0.2) is 48.7 Å². The minimum atomic E-state index is -3.12. The van der Waals surface area contributed by atoms with Crippen LogP contribution >= 0.6 is 0 Å². The molecule has 0 aliphatic carbocycles. The van der Waals surface area contributed by atoms with Crippen LogP contribution in [0.25, 0.3) is 0 Å². The molecular weight excluding hydrogens is 426 g/mol. The van der Waals surface area contributed by atoms with Crippen molar-refractivity contribution in [2.24, 2.45) is 0 Å². The van der Waals surface area contributed by atoms with E-state index in [0.29, 0.717) is 22.5 Å². The van der Waals surface area contributed by atoms with Crippen molar-refractivity contribution in [1.82, 2.24) is 20.1 Å². The SMILES string of the molecule is O=C(Cn1nc(C(F)F)cc1C(F)F)N[C@@H](Cc1cc(F)cc(F)c1)c1ccccn1. The van der Waals surface area contributed by atoms with Gasteiger partial charge in [-0.25, -0.2) is 26.3 Å². The predicted octanol–water partition coefficient (Wildman–Crippen LogP) is 4.53. The first-order chi connectivity index (χ1) is 14.7. The van der Waals surface area contributed by atoms with Crippen molar-refractivity contribution in [2.45, 2.75) is 31.9 Å². The van der Waals surface area contributed by atoms with Gasteiger partial charge in [0.2, 0.25) is 5.91 Å². The van der Waals surface area contributed by atoms with Gasteiger partial charge in [0.15, 0.2) is 0 Å². The lowest BCUT2D eigenvalue weighted by Crippen LogP contribution is -2.34. The summed E-state index contributed by atoms with van der Waals surface area (Å²) in [5, 5.41) is 5.90. The van der Waals surface area contributed by atoms with Gasteiger partial charge in [0, 0.05) is 12.3 Å². The molecule has 164 valence electrons. The van der Waals surface area contributed by atoms with Crippen LogP contribution in [0.1, 0.15) is 41.5 Å². The van der Waals surface area contributed by atoms with Crippen LogP contribution in [-0.4, -0.2) is 20.7 Å². The summed E-state index contributed by atoms with van der Waals surface area (Å²) in [4.78, 5) is 16.6. The first kappa shape index (κ1) is 22.3. The summed E-state index contributed by atoms with van der Waals surface area (Å²) in [5.74, 6) is -2.43. The highest BCUT2D eigenvalue weighted by Gasteiger charge is 2.24. The quantitative estimate of drug-likeness (QED) is 0.522. The third-order valence-electron chi connectivity index (χ3n) is 4.31. The van der Waals surface area contributed by atoms with Crippen LogP contribution < -0.4 is 5.32 Å². The number of alkyl halides is 4. The number of nitrogens with one attached hydrogen (secondary N) is 1. The minimum Gasteiger partial charge on any atom is -0.346 e. The lowest BCUT2D eigenvalue weighted by molar-refractivity contribution is -0.122. The number of hydrogen-bond acceptors (Lipinski definition) is 3. The smallest absolute Gasteiger partial charge is 0.282 e. The molecule has 0 aliphatic heterocycles. The van der Waals surface area contributed by atoms with Gasteiger partial charge in [0.05, 0.1) is 11.7 Å². The second-order valence-corrected chi connectivity index (χ2v) is 6.61. The van der Waals surface area contributed by atoms with Gasteiger partial charge < -0.3 is 5.32 Å². The predicted molar refractivity (Wildman–Crippen MR) is 97.3 cm³/mol. The van der Waals surface area contributed by atoms with Crippen LogP contribution in [0.2, 0.25) is 0 Å². The second kappa shape index (κ2) is 9.63. The van der Waals surface area contributed by atoms with Crippen molar-refractivity contribution in [3.05, 3.63) is 82.9 Å². The van der Waals surface area contributed by atoms with Gasteiger partial charge in [-0.05, 0) is 42.3 Å². The highest BCUT2D eigenvalue weighted by Crippen LogP contribution is 2.25. The maximum Gasteiger partial charge on any atom is 0.282 e. The van der Waals surface area contributed by atoms with E-state index in [0.717, 1.165) is 12.1 Å². The van der Waals surface area contributed by atoms with Crippen molar-refractivity contribution in [1.29, 1.82) is 0 Å². The highest BCUT2D eigenvalue weighted by atomic mass is 19.3. The zero-order chi connectivity index (χ0) is 22.5. The van der Waals surface area contributed by atoms with Crippen molar-refractivity contribution in [3.63, 3.8) is 0 Å². The van der Waals surface area contributed by atoms with E-state index in [1.54, 1.807) is 18.2 Å². The van der Waals surface area contributed by atoms with Crippen molar-refractivity contribution >= 4 is 5.91 Å². The van der Waals surface area contributed by atoms with E-state index in [9.17, 15) is 31.1 Å². The third-order valence-corrected chi connectivity index (χ3v) is 4.31. The average molecular weight is 442 g/mol. The first-order valence-electron chi connectivity index (χ1n) is 9.02. The molecule has 1 amide bonds. The molecule has 5 nitrogen and oxygen atoms in total. The third kappa shape index (κ3) is 5.83. The van der Waals surface area contributed by atoms with Crippen LogP contribution in [0.3, 0.4) is 0 Å². The number of carbonyl (C=O) groups excluding carboxylic acids is 1. The first-order valence-corrected chi connectivity index (χ1v) is 9.02. The number of aromatic nitrogens is 3. The summed E-state index contributed by atoms with van der Waals surface area (Å²) in [6, 6.07) is 7.35. The molecule has 1 aromatic carbocycles. The Morgan fingerprint density at radius 1 is 0.968 bits per heavy atom. The molecule has 0 spiro atoms. The molecule has 0 unspecified atom stereocenters. The molecule has 0 saturated carbocycles. The highest BCUT2D eigenvalue weighted by molar-refractivity contribution is 5.76. The van der Waals surface area contributed by atoms with E-state index in [4.69, 9.17) is 0 Å². The fourth-order valence-electron chi connectivity index (χ4n) is 3.01. The van der Waals surface area contributed by atoms with E-state index in [2.05, 4.69) is 15.4 Å². The van der Waals surface area contributed by atoms with Crippen LogP contribution in [0, 0.1) is 11.6 Å². The number of carbonyl (C=O) groups is 1. The minimum absolute atomic E-state index is 0.0550. The largest absolute Gasteiger partial charge is 0.346 e. The van der Waals surface area contributed by atoms with E-state index >= 15 is 0 Å². The molecule has 1 atom stereocenters. The molecule has 11 heteroatoms. The number of rotatable bonds is 8. The van der Waals surface area contributed by atoms with Gasteiger partial charge in [0.25, 0.3) is 12.9 Å². The Hall–Kier alpha value is -3.37. The Morgan fingerprint density at radius 3 is 2.26 bits per heavy atom. The molecule has 2 heterocycles. The molecule has 0 aliphatic rings. The number of pyridine rings is 1. The Balaban J connectivity index is 1.82. The molecule has 2 aromatic heterocycles. The normalized spacial score (nSPS) is 12.4. The Kier molecular flexibility index (Phi) is 6.93. The Morgan fingerprint density at radius 2 is 1.68 bits per heavy atom. The number of halogens is 6. The lowest BCUT2D eigenvalue weighted by Gasteiger charge is -2.19. The number of amides is 1. The Bertz CT molecular complexity index is 1020. The van der Waals surface area contributed by atoms with E-state index in [1.165, 1.54) is 6.20 Å². The van der Waals surface area contributed by atoms with E-state index in [-0.39, 0.29) is 12.0 Å². The van der Waals surface area contributed by atoms with Gasteiger partial charge in [-0.2, -0.15) is 5.10 Å². The van der Waals surface area contributed by atoms with E-state index < -0.39 is 54.4 Å². The Labute approximate surface area is 172 Å². The summed E-state index contributed by atoms with van der Waals surface area (Å²) >= 11 is 0. The summed E-state index contributed by atoms with van der Waals surface area (Å²) in [5.41, 5.74) is -1.13. The molecule has 0 radical (unpaired) electrons. The zero-order valence-electron chi connectivity index (χ0n) is 15.8. The number of benzene rings is 1. The summed E-state index contributed by atoms with van der Waals surface area (Å²) in [6.45, 7) is -0.757. The maximum absolute atomic E-state index is 13.5. The van der Waals surface area contributed by atoms with Gasteiger partial charge in [-0.1, -0.05) is 6.07 Å². The lowest BCUT2D eigenvalue weighted by atomic mass is 10.0. The maximum atomic E-state index is 13.5. The van der Waals surface area contributed by atoms with Gasteiger partial charge in [0.1, 0.15) is 29.6 Å². The van der Waals surface area contributed by atoms with Crippen LogP contribution in [0.4, 0.5) is 26.3 Å². The molecule has 1 N–H and O–H groups in total.